The fourth-order valence-corrected chi connectivity index (χ4v) is 2.84. The van der Waals surface area contributed by atoms with Gasteiger partial charge in [0.05, 0.1) is 6.10 Å². The smallest absolute Gasteiger partial charge is 0.132 e. The molecule has 1 atom stereocenters. The molecular formula is C17H21N3O. The standard InChI is InChI=1S/C17H21N3O/c21-16(13-7-3-1-4-8-13)11-18-17-14-9-5-2-6-10-15(14)19-12-20-17/h1,3-4,7-8,12,16,21H,2,5-6,9-11H2,(H,18,19,20). The van der Waals surface area contributed by atoms with E-state index in [0.717, 1.165) is 24.2 Å². The van der Waals surface area contributed by atoms with Crippen molar-refractivity contribution in [1.29, 1.82) is 0 Å². The van der Waals surface area contributed by atoms with Crippen LogP contribution in [-0.4, -0.2) is 21.6 Å². The van der Waals surface area contributed by atoms with Gasteiger partial charge < -0.3 is 10.4 Å². The first-order valence-corrected chi connectivity index (χ1v) is 7.64. The summed E-state index contributed by atoms with van der Waals surface area (Å²) in [5.74, 6) is 0.886. The van der Waals surface area contributed by atoms with E-state index in [1.54, 1.807) is 6.33 Å². The lowest BCUT2D eigenvalue weighted by molar-refractivity contribution is 0.191. The molecule has 1 aromatic carbocycles. The maximum atomic E-state index is 10.2. The van der Waals surface area contributed by atoms with Gasteiger partial charge in [-0.05, 0) is 31.2 Å². The Hall–Kier alpha value is -1.94. The number of fused-ring (bicyclic) bond motifs is 1. The van der Waals surface area contributed by atoms with E-state index in [-0.39, 0.29) is 0 Å². The Bertz CT molecular complexity index is 586. The molecule has 2 aromatic rings. The van der Waals surface area contributed by atoms with Gasteiger partial charge in [-0.3, -0.25) is 0 Å². The van der Waals surface area contributed by atoms with Crippen LogP contribution >= 0.6 is 0 Å². The molecule has 3 rings (SSSR count). The molecule has 0 bridgehead atoms. The zero-order valence-electron chi connectivity index (χ0n) is 12.1. The summed E-state index contributed by atoms with van der Waals surface area (Å²) in [7, 11) is 0. The van der Waals surface area contributed by atoms with Crippen molar-refractivity contribution in [3.63, 3.8) is 0 Å². The predicted octanol–water partition coefficient (Wildman–Crippen LogP) is 2.89. The second kappa shape index (κ2) is 6.68. The highest BCUT2D eigenvalue weighted by Crippen LogP contribution is 2.24. The number of anilines is 1. The van der Waals surface area contributed by atoms with Crippen molar-refractivity contribution >= 4 is 5.82 Å². The van der Waals surface area contributed by atoms with Crippen LogP contribution in [0.15, 0.2) is 36.7 Å². The van der Waals surface area contributed by atoms with Gasteiger partial charge >= 0.3 is 0 Å². The second-order valence-electron chi connectivity index (χ2n) is 5.52. The van der Waals surface area contributed by atoms with Crippen LogP contribution in [0.25, 0.3) is 0 Å². The third-order valence-electron chi connectivity index (χ3n) is 4.02. The van der Waals surface area contributed by atoms with Crippen molar-refractivity contribution in [2.75, 3.05) is 11.9 Å². The normalized spacial score (nSPS) is 15.9. The Kier molecular flexibility index (Phi) is 4.46. The molecule has 1 aliphatic rings. The van der Waals surface area contributed by atoms with Gasteiger partial charge in [-0.1, -0.05) is 36.8 Å². The molecule has 1 unspecified atom stereocenters. The number of nitrogens with zero attached hydrogens (tertiary/aromatic N) is 2. The lowest BCUT2D eigenvalue weighted by atomic mass is 10.1. The molecule has 110 valence electrons. The van der Waals surface area contributed by atoms with E-state index < -0.39 is 6.10 Å². The topological polar surface area (TPSA) is 58.0 Å². The summed E-state index contributed by atoms with van der Waals surface area (Å²) in [6, 6.07) is 9.71. The Labute approximate surface area is 125 Å². The van der Waals surface area contributed by atoms with Gasteiger partial charge in [0, 0.05) is 17.8 Å². The van der Waals surface area contributed by atoms with Crippen LogP contribution in [0.4, 0.5) is 5.82 Å². The van der Waals surface area contributed by atoms with E-state index in [0.29, 0.717) is 6.54 Å². The van der Waals surface area contributed by atoms with Crippen LogP contribution in [0.2, 0.25) is 0 Å². The van der Waals surface area contributed by atoms with Crippen LogP contribution in [-0.2, 0) is 12.8 Å². The van der Waals surface area contributed by atoms with Crippen LogP contribution in [0, 0.1) is 0 Å². The monoisotopic (exact) mass is 283 g/mol. The third kappa shape index (κ3) is 3.39. The Morgan fingerprint density at radius 2 is 1.86 bits per heavy atom. The van der Waals surface area contributed by atoms with Crippen molar-refractivity contribution in [2.24, 2.45) is 0 Å². The number of nitrogens with one attached hydrogen (secondary N) is 1. The Balaban J connectivity index is 1.71. The van der Waals surface area contributed by atoms with E-state index in [2.05, 4.69) is 15.3 Å². The summed E-state index contributed by atoms with van der Waals surface area (Å²) in [5, 5.41) is 13.5. The number of aryl methyl sites for hydroxylation is 1. The fraction of sp³-hybridized carbons (Fsp3) is 0.412. The summed E-state index contributed by atoms with van der Waals surface area (Å²) < 4.78 is 0. The highest BCUT2D eigenvalue weighted by molar-refractivity contribution is 5.46. The number of hydrogen-bond acceptors (Lipinski definition) is 4. The quantitative estimate of drug-likeness (QED) is 0.847. The number of aromatic nitrogens is 2. The molecule has 0 saturated carbocycles. The van der Waals surface area contributed by atoms with E-state index in [1.165, 1.54) is 30.5 Å². The largest absolute Gasteiger partial charge is 0.387 e. The zero-order chi connectivity index (χ0) is 14.5. The molecular weight excluding hydrogens is 262 g/mol. The fourth-order valence-electron chi connectivity index (χ4n) is 2.84. The number of hydrogen-bond donors (Lipinski definition) is 2. The molecule has 0 fully saturated rings. The molecule has 0 saturated heterocycles. The molecule has 4 nitrogen and oxygen atoms in total. The van der Waals surface area contributed by atoms with Gasteiger partial charge in [0.1, 0.15) is 12.1 Å². The van der Waals surface area contributed by atoms with Crippen molar-refractivity contribution < 1.29 is 5.11 Å². The average Bonchev–Trinajstić information content (AvgIpc) is 2.79. The minimum absolute atomic E-state index is 0.466. The van der Waals surface area contributed by atoms with Gasteiger partial charge in [0.25, 0.3) is 0 Å². The maximum Gasteiger partial charge on any atom is 0.132 e. The van der Waals surface area contributed by atoms with Gasteiger partial charge in [0.2, 0.25) is 0 Å². The molecule has 0 spiro atoms. The minimum Gasteiger partial charge on any atom is -0.387 e. The Morgan fingerprint density at radius 3 is 2.71 bits per heavy atom. The number of benzene rings is 1. The molecule has 0 aliphatic heterocycles. The van der Waals surface area contributed by atoms with Crippen molar-refractivity contribution in [2.45, 2.75) is 38.2 Å². The SMILES string of the molecule is OC(CNc1ncnc2c1CCCCC2)c1ccccc1. The lowest BCUT2D eigenvalue weighted by Crippen LogP contribution is -2.15. The van der Waals surface area contributed by atoms with Crippen LogP contribution < -0.4 is 5.32 Å². The second-order valence-corrected chi connectivity index (χ2v) is 5.52. The van der Waals surface area contributed by atoms with Gasteiger partial charge in [-0.2, -0.15) is 0 Å². The highest BCUT2D eigenvalue weighted by Gasteiger charge is 2.15. The summed E-state index contributed by atoms with van der Waals surface area (Å²) in [5.41, 5.74) is 3.32. The first-order valence-electron chi connectivity index (χ1n) is 7.64. The van der Waals surface area contributed by atoms with Gasteiger partial charge in [-0.25, -0.2) is 9.97 Å². The number of rotatable bonds is 4. The predicted molar refractivity (Wildman–Crippen MR) is 83.2 cm³/mol. The molecule has 1 heterocycles. The summed E-state index contributed by atoms with van der Waals surface area (Å²) >= 11 is 0. The van der Waals surface area contributed by atoms with Gasteiger partial charge in [0.15, 0.2) is 0 Å². The van der Waals surface area contributed by atoms with Crippen LogP contribution in [0.1, 0.15) is 42.2 Å². The van der Waals surface area contributed by atoms with Crippen molar-refractivity contribution in [3.8, 4) is 0 Å². The first kappa shape index (κ1) is 14.0. The highest BCUT2D eigenvalue weighted by atomic mass is 16.3. The Morgan fingerprint density at radius 1 is 1.05 bits per heavy atom. The molecule has 21 heavy (non-hydrogen) atoms. The minimum atomic E-state index is -0.525. The molecule has 1 aliphatic carbocycles. The van der Waals surface area contributed by atoms with E-state index in [1.807, 2.05) is 30.3 Å². The number of aliphatic hydroxyl groups excluding tert-OH is 1. The van der Waals surface area contributed by atoms with E-state index >= 15 is 0 Å². The third-order valence-corrected chi connectivity index (χ3v) is 4.02. The molecule has 0 amide bonds. The van der Waals surface area contributed by atoms with E-state index in [9.17, 15) is 5.11 Å². The van der Waals surface area contributed by atoms with Crippen molar-refractivity contribution in [1.82, 2.24) is 9.97 Å². The first-order chi connectivity index (χ1) is 10.3. The molecule has 4 heteroatoms. The number of aliphatic hydroxyl groups is 1. The molecule has 2 N–H and O–H groups in total. The summed E-state index contributed by atoms with van der Waals surface area (Å²) in [6.07, 6.45) is 6.81. The molecule has 1 aromatic heterocycles. The van der Waals surface area contributed by atoms with Crippen molar-refractivity contribution in [3.05, 3.63) is 53.5 Å². The summed E-state index contributed by atoms with van der Waals surface area (Å²) in [4.78, 5) is 8.78. The van der Waals surface area contributed by atoms with Crippen LogP contribution in [0.3, 0.4) is 0 Å². The van der Waals surface area contributed by atoms with Crippen LogP contribution in [0.5, 0.6) is 0 Å². The molecule has 0 radical (unpaired) electrons. The van der Waals surface area contributed by atoms with E-state index in [4.69, 9.17) is 0 Å². The average molecular weight is 283 g/mol. The summed E-state index contributed by atoms with van der Waals surface area (Å²) in [6.45, 7) is 0.466. The van der Waals surface area contributed by atoms with Gasteiger partial charge in [-0.15, -0.1) is 0 Å². The zero-order valence-corrected chi connectivity index (χ0v) is 12.1. The maximum absolute atomic E-state index is 10.2. The lowest BCUT2D eigenvalue weighted by Gasteiger charge is -2.15.